The maximum atomic E-state index is 12.6. The van der Waals surface area contributed by atoms with Crippen LogP contribution in [-0.2, 0) is 28.6 Å². The number of rotatable bonds is 37. The van der Waals surface area contributed by atoms with Gasteiger partial charge in [-0.1, -0.05) is 142 Å². The zero-order chi connectivity index (χ0) is 37.1. The number of carboxylic acid groups (broad SMARTS) is 1. The van der Waals surface area contributed by atoms with E-state index in [1.807, 2.05) is 0 Å². The zero-order valence-corrected chi connectivity index (χ0v) is 33.3. The first-order valence-corrected chi connectivity index (χ1v) is 20.7. The van der Waals surface area contributed by atoms with E-state index in [0.29, 0.717) is 12.8 Å². The van der Waals surface area contributed by atoms with Crippen molar-refractivity contribution in [1.82, 2.24) is 0 Å². The van der Waals surface area contributed by atoms with Crippen molar-refractivity contribution in [1.29, 1.82) is 0 Å². The number of hydrogen-bond acceptors (Lipinski definition) is 7. The predicted molar refractivity (Wildman–Crippen MR) is 204 cm³/mol. The third-order valence-electron chi connectivity index (χ3n) is 9.40. The highest BCUT2D eigenvalue weighted by Gasteiger charge is 2.25. The van der Waals surface area contributed by atoms with E-state index >= 15 is 0 Å². The van der Waals surface area contributed by atoms with Gasteiger partial charge in [0.2, 0.25) is 0 Å². The molecule has 50 heavy (non-hydrogen) atoms. The molecular formula is C42H79NO7. The molecule has 0 aromatic rings. The summed E-state index contributed by atoms with van der Waals surface area (Å²) in [5.41, 5.74) is 0. The van der Waals surface area contributed by atoms with Gasteiger partial charge in [0.15, 0.2) is 6.10 Å². The van der Waals surface area contributed by atoms with Crippen LogP contribution in [0.4, 0.5) is 0 Å². The van der Waals surface area contributed by atoms with Crippen molar-refractivity contribution in [2.24, 2.45) is 0 Å². The lowest BCUT2D eigenvalue weighted by Gasteiger charge is -2.34. The summed E-state index contributed by atoms with van der Waals surface area (Å²) in [5, 5.41) is 11.6. The van der Waals surface area contributed by atoms with E-state index in [1.54, 1.807) is 21.1 Å². The Bertz CT molecular complexity index is 838. The molecule has 0 aromatic heterocycles. The number of allylic oxidation sites excluding steroid dienone is 2. The Hall–Kier alpha value is -1.93. The Labute approximate surface area is 308 Å². The van der Waals surface area contributed by atoms with Crippen molar-refractivity contribution in [3.8, 4) is 0 Å². The van der Waals surface area contributed by atoms with Crippen LogP contribution in [0.15, 0.2) is 12.2 Å². The van der Waals surface area contributed by atoms with Crippen molar-refractivity contribution >= 4 is 17.9 Å². The topological polar surface area (TPSA) is 102 Å². The van der Waals surface area contributed by atoms with E-state index in [9.17, 15) is 19.5 Å². The molecule has 0 heterocycles. The molecule has 8 nitrogen and oxygen atoms in total. The van der Waals surface area contributed by atoms with E-state index in [-0.39, 0.29) is 42.7 Å². The zero-order valence-electron chi connectivity index (χ0n) is 33.3. The monoisotopic (exact) mass is 710 g/mol. The molecule has 0 aliphatic rings. The highest BCUT2D eigenvalue weighted by molar-refractivity contribution is 5.70. The Kier molecular flexibility index (Phi) is 32.9. The van der Waals surface area contributed by atoms with Gasteiger partial charge in [0.05, 0.1) is 40.3 Å². The molecule has 0 rings (SSSR count). The number of esters is 2. The lowest BCUT2D eigenvalue weighted by Crippen LogP contribution is -2.55. The summed E-state index contributed by atoms with van der Waals surface area (Å²) in [6.45, 7) is 4.64. The molecule has 0 aromatic carbocycles. The minimum absolute atomic E-state index is 0.0431. The first-order valence-electron chi connectivity index (χ1n) is 20.7. The molecule has 294 valence electrons. The number of aliphatic carboxylic acids is 1. The van der Waals surface area contributed by atoms with Crippen molar-refractivity contribution in [3.05, 3.63) is 12.2 Å². The van der Waals surface area contributed by atoms with Crippen molar-refractivity contribution in [3.63, 3.8) is 0 Å². The number of carbonyl (C=O) groups excluding carboxylic acids is 3. The fourth-order valence-electron chi connectivity index (χ4n) is 6.12. The van der Waals surface area contributed by atoms with Crippen LogP contribution in [-0.4, -0.2) is 75.5 Å². The second kappa shape index (κ2) is 34.2. The smallest absolute Gasteiger partial charge is 0.306 e. The van der Waals surface area contributed by atoms with Crippen LogP contribution in [0.1, 0.15) is 187 Å². The van der Waals surface area contributed by atoms with Gasteiger partial charge in [0.25, 0.3) is 0 Å². The van der Waals surface area contributed by atoms with E-state index in [0.717, 1.165) is 51.4 Å². The maximum Gasteiger partial charge on any atom is 0.306 e. The fourth-order valence-corrected chi connectivity index (χ4v) is 6.12. The van der Waals surface area contributed by atoms with Crippen LogP contribution in [0.2, 0.25) is 0 Å². The Balaban J connectivity index is 4.33. The molecule has 0 radical (unpaired) electrons. The number of carboxylic acids is 1. The van der Waals surface area contributed by atoms with Gasteiger partial charge < -0.3 is 28.6 Å². The lowest BCUT2D eigenvalue weighted by atomic mass is 10.1. The van der Waals surface area contributed by atoms with Crippen molar-refractivity contribution in [2.75, 3.05) is 41.0 Å². The molecule has 0 spiro atoms. The SMILES string of the molecule is CCCCCCCCC/C=C/CCCCCCCC(=O)OCC(COCCC(C(=O)[O-])[N+](C)(C)C)OC(=O)CCCCCCCCCCCC. The predicted octanol–water partition coefficient (Wildman–Crippen LogP) is 9.41. The summed E-state index contributed by atoms with van der Waals surface area (Å²) < 4.78 is 17.1. The Morgan fingerprint density at radius 3 is 1.44 bits per heavy atom. The summed E-state index contributed by atoms with van der Waals surface area (Å²) in [6, 6.07) is -0.721. The van der Waals surface area contributed by atoms with E-state index in [2.05, 4.69) is 26.0 Å². The molecule has 2 atom stereocenters. The summed E-state index contributed by atoms with van der Waals surface area (Å²) in [4.78, 5) is 36.7. The van der Waals surface area contributed by atoms with Gasteiger partial charge >= 0.3 is 11.9 Å². The number of unbranched alkanes of at least 4 members (excludes halogenated alkanes) is 21. The van der Waals surface area contributed by atoms with E-state index in [1.165, 1.54) is 103 Å². The van der Waals surface area contributed by atoms with Crippen LogP contribution in [0.3, 0.4) is 0 Å². The average Bonchev–Trinajstić information content (AvgIpc) is 3.06. The molecule has 8 heteroatoms. The first kappa shape index (κ1) is 48.1. The van der Waals surface area contributed by atoms with Crippen LogP contribution in [0.25, 0.3) is 0 Å². The minimum atomic E-state index is -1.12. The van der Waals surface area contributed by atoms with Gasteiger partial charge in [0.1, 0.15) is 12.6 Å². The molecule has 2 unspecified atom stereocenters. The lowest BCUT2D eigenvalue weighted by molar-refractivity contribution is -0.889. The number of nitrogens with zero attached hydrogens (tertiary/aromatic N) is 1. The first-order chi connectivity index (χ1) is 24.1. The third-order valence-corrected chi connectivity index (χ3v) is 9.40. The normalized spacial score (nSPS) is 13.1. The third kappa shape index (κ3) is 32.0. The van der Waals surface area contributed by atoms with Gasteiger partial charge in [0, 0.05) is 19.3 Å². The second-order valence-corrected chi connectivity index (χ2v) is 15.2. The van der Waals surface area contributed by atoms with Crippen LogP contribution >= 0.6 is 0 Å². The Morgan fingerprint density at radius 1 is 0.580 bits per heavy atom. The number of quaternary nitrogens is 1. The number of hydrogen-bond donors (Lipinski definition) is 0. The summed E-state index contributed by atoms with van der Waals surface area (Å²) in [6.07, 6.45) is 33.7. The molecule has 0 aliphatic heterocycles. The quantitative estimate of drug-likeness (QED) is 0.0274. The highest BCUT2D eigenvalue weighted by atomic mass is 16.6. The van der Waals surface area contributed by atoms with E-state index < -0.39 is 18.1 Å². The maximum absolute atomic E-state index is 12.6. The highest BCUT2D eigenvalue weighted by Crippen LogP contribution is 2.14. The largest absolute Gasteiger partial charge is 0.544 e. The molecule has 0 bridgehead atoms. The number of likely N-dealkylation sites (N-methyl/N-ethyl adjacent to an activating group) is 1. The van der Waals surface area contributed by atoms with Crippen molar-refractivity contribution in [2.45, 2.75) is 199 Å². The molecule has 0 aliphatic carbocycles. The summed E-state index contributed by atoms with van der Waals surface area (Å²) in [5.74, 6) is -1.74. The molecule has 0 amide bonds. The van der Waals surface area contributed by atoms with Crippen molar-refractivity contribution < 1.29 is 38.2 Å². The van der Waals surface area contributed by atoms with Gasteiger partial charge in [-0.25, -0.2) is 0 Å². The fraction of sp³-hybridized carbons (Fsp3) is 0.881. The molecule has 0 N–H and O–H groups in total. The van der Waals surface area contributed by atoms with Gasteiger partial charge in [-0.15, -0.1) is 0 Å². The van der Waals surface area contributed by atoms with Gasteiger partial charge in [-0.3, -0.25) is 9.59 Å². The number of ether oxygens (including phenoxy) is 3. The van der Waals surface area contributed by atoms with Crippen LogP contribution in [0, 0.1) is 0 Å². The Morgan fingerprint density at radius 2 is 1.00 bits per heavy atom. The molecule has 0 saturated heterocycles. The summed E-state index contributed by atoms with van der Waals surface area (Å²) >= 11 is 0. The molecule has 0 saturated carbocycles. The number of carbonyl (C=O) groups is 3. The molecule has 0 fully saturated rings. The van der Waals surface area contributed by atoms with E-state index in [4.69, 9.17) is 14.2 Å². The second-order valence-electron chi connectivity index (χ2n) is 15.2. The van der Waals surface area contributed by atoms with Crippen LogP contribution in [0.5, 0.6) is 0 Å². The van der Waals surface area contributed by atoms with Gasteiger partial charge in [-0.05, 0) is 38.5 Å². The average molecular weight is 710 g/mol. The standard InChI is InChI=1S/C42H79NO7/c1-6-8-10-12-14-16-18-19-20-21-22-23-25-26-28-30-32-40(44)49-37-38(36-48-35-34-39(42(46)47)43(3,4)5)50-41(45)33-31-29-27-24-17-15-13-11-9-7-2/h20-21,38-39H,6-19,22-37H2,1-5H3/b21-20+. The summed E-state index contributed by atoms with van der Waals surface area (Å²) in [7, 11) is 5.40. The minimum Gasteiger partial charge on any atom is -0.544 e. The molecular weight excluding hydrogens is 630 g/mol. The van der Waals surface area contributed by atoms with Crippen LogP contribution < -0.4 is 5.11 Å². The van der Waals surface area contributed by atoms with Gasteiger partial charge in [-0.2, -0.15) is 0 Å².